The molecule has 1 aliphatic heterocycles. The smallest absolute Gasteiger partial charge is 0.421 e. The molecule has 1 aromatic rings. The zero-order chi connectivity index (χ0) is 11.5. The van der Waals surface area contributed by atoms with Gasteiger partial charge in [-0.1, -0.05) is 6.07 Å². The quantitative estimate of drug-likeness (QED) is 0.832. The summed E-state index contributed by atoms with van der Waals surface area (Å²) < 4.78 is 31.2. The number of ether oxygens (including phenoxy) is 1. The molecule has 1 aromatic carbocycles. The van der Waals surface area contributed by atoms with Gasteiger partial charge in [0, 0.05) is 12.1 Å². The summed E-state index contributed by atoms with van der Waals surface area (Å²) in [6.07, 6.45) is -0.608. The normalized spacial score (nSPS) is 16.8. The van der Waals surface area contributed by atoms with E-state index in [0.29, 0.717) is 6.54 Å². The largest absolute Gasteiger partial charge is 0.447 e. The molecule has 1 saturated heterocycles. The Labute approximate surface area is 90.8 Å². The van der Waals surface area contributed by atoms with Crippen molar-refractivity contribution in [2.75, 3.05) is 13.2 Å². The number of carbonyl (C=O) groups is 1. The minimum atomic E-state index is -0.624. The van der Waals surface area contributed by atoms with Gasteiger partial charge in [0.25, 0.3) is 0 Å². The molecule has 1 aliphatic rings. The van der Waals surface area contributed by atoms with E-state index in [-0.39, 0.29) is 18.7 Å². The second-order valence-corrected chi connectivity index (χ2v) is 3.37. The fourth-order valence-electron chi connectivity index (χ4n) is 1.46. The summed E-state index contributed by atoms with van der Waals surface area (Å²) in [5.74, 6) is -1.25. The van der Waals surface area contributed by atoms with Crippen LogP contribution in [0.1, 0.15) is 5.56 Å². The van der Waals surface area contributed by atoms with E-state index in [2.05, 4.69) is 10.2 Å². The van der Waals surface area contributed by atoms with Gasteiger partial charge >= 0.3 is 6.09 Å². The molecule has 16 heavy (non-hydrogen) atoms. The van der Waals surface area contributed by atoms with Crippen LogP contribution in [0.3, 0.4) is 0 Å². The number of amides is 1. The van der Waals surface area contributed by atoms with Crippen molar-refractivity contribution in [3.05, 3.63) is 35.4 Å². The second-order valence-electron chi connectivity index (χ2n) is 3.37. The van der Waals surface area contributed by atoms with Crippen molar-refractivity contribution in [2.45, 2.75) is 6.54 Å². The molecular weight excluding hydrogens is 218 g/mol. The van der Waals surface area contributed by atoms with Crippen molar-refractivity contribution in [2.24, 2.45) is 0 Å². The van der Waals surface area contributed by atoms with Gasteiger partial charge < -0.3 is 4.74 Å². The number of cyclic esters (lactones) is 1. The Morgan fingerprint density at radius 3 is 2.69 bits per heavy atom. The number of hydrazine groups is 1. The molecule has 1 fully saturated rings. The summed E-state index contributed by atoms with van der Waals surface area (Å²) in [6.45, 7) is 0.578. The lowest BCUT2D eigenvalue weighted by Gasteiger charge is -2.27. The monoisotopic (exact) mass is 228 g/mol. The van der Waals surface area contributed by atoms with Crippen molar-refractivity contribution in [1.29, 1.82) is 0 Å². The number of carbonyl (C=O) groups excluding carboxylic acids is 1. The molecule has 1 amide bonds. The highest BCUT2D eigenvalue weighted by Crippen LogP contribution is 2.14. The first-order valence-corrected chi connectivity index (χ1v) is 4.78. The van der Waals surface area contributed by atoms with Crippen molar-refractivity contribution < 1.29 is 18.3 Å². The SMILES string of the molecule is O=C1NN(Cc2c(F)cccc2F)CCO1. The van der Waals surface area contributed by atoms with Crippen molar-refractivity contribution in [1.82, 2.24) is 10.4 Å². The van der Waals surface area contributed by atoms with Crippen molar-refractivity contribution >= 4 is 6.09 Å². The highest BCUT2D eigenvalue weighted by Gasteiger charge is 2.19. The predicted molar refractivity (Wildman–Crippen MR) is 51.3 cm³/mol. The van der Waals surface area contributed by atoms with E-state index in [1.54, 1.807) is 0 Å². The first kappa shape index (κ1) is 10.8. The van der Waals surface area contributed by atoms with Crippen LogP contribution in [-0.2, 0) is 11.3 Å². The fraction of sp³-hybridized carbons (Fsp3) is 0.300. The molecule has 0 unspecified atom stereocenters. The van der Waals surface area contributed by atoms with Gasteiger partial charge in [0.1, 0.15) is 18.2 Å². The van der Waals surface area contributed by atoms with Crippen LogP contribution in [0.4, 0.5) is 13.6 Å². The minimum Gasteiger partial charge on any atom is -0.447 e. The lowest BCUT2D eigenvalue weighted by Crippen LogP contribution is -2.48. The summed E-state index contributed by atoms with van der Waals surface area (Å²) in [5.41, 5.74) is 2.29. The highest BCUT2D eigenvalue weighted by atomic mass is 19.1. The van der Waals surface area contributed by atoms with Crippen LogP contribution in [0, 0.1) is 11.6 Å². The molecule has 0 radical (unpaired) electrons. The third-order valence-electron chi connectivity index (χ3n) is 2.25. The Balaban J connectivity index is 2.11. The van der Waals surface area contributed by atoms with E-state index in [9.17, 15) is 13.6 Å². The summed E-state index contributed by atoms with van der Waals surface area (Å²) in [5, 5.41) is 1.41. The Morgan fingerprint density at radius 1 is 1.38 bits per heavy atom. The number of hydrogen-bond acceptors (Lipinski definition) is 3. The number of nitrogens with zero attached hydrogens (tertiary/aromatic N) is 1. The zero-order valence-corrected chi connectivity index (χ0v) is 8.37. The van der Waals surface area contributed by atoms with Crippen molar-refractivity contribution in [3.63, 3.8) is 0 Å². The van der Waals surface area contributed by atoms with Crippen LogP contribution in [0.15, 0.2) is 18.2 Å². The lowest BCUT2D eigenvalue weighted by molar-refractivity contribution is 0.0462. The van der Waals surface area contributed by atoms with Crippen LogP contribution >= 0.6 is 0 Å². The topological polar surface area (TPSA) is 41.6 Å². The molecule has 1 heterocycles. The molecule has 0 aliphatic carbocycles. The molecule has 86 valence electrons. The van der Waals surface area contributed by atoms with Crippen LogP contribution < -0.4 is 5.43 Å². The van der Waals surface area contributed by atoms with E-state index in [1.807, 2.05) is 0 Å². The predicted octanol–water partition coefficient (Wildman–Crippen LogP) is 1.42. The van der Waals surface area contributed by atoms with Gasteiger partial charge in [-0.25, -0.2) is 18.6 Å². The molecule has 6 heteroatoms. The first-order chi connectivity index (χ1) is 7.66. The van der Waals surface area contributed by atoms with Crippen LogP contribution in [-0.4, -0.2) is 24.3 Å². The van der Waals surface area contributed by atoms with E-state index in [0.717, 1.165) is 0 Å². The third-order valence-corrected chi connectivity index (χ3v) is 2.25. The van der Waals surface area contributed by atoms with Gasteiger partial charge in [0.05, 0.1) is 6.54 Å². The molecule has 4 nitrogen and oxygen atoms in total. The summed E-state index contributed by atoms with van der Waals surface area (Å²) in [7, 11) is 0. The summed E-state index contributed by atoms with van der Waals surface area (Å²) in [6, 6.07) is 3.66. The number of benzene rings is 1. The molecule has 0 saturated carbocycles. The van der Waals surface area contributed by atoms with Gasteiger partial charge in [-0.2, -0.15) is 0 Å². The first-order valence-electron chi connectivity index (χ1n) is 4.78. The Hall–Kier alpha value is -1.69. The fourth-order valence-corrected chi connectivity index (χ4v) is 1.46. The van der Waals surface area contributed by atoms with E-state index < -0.39 is 17.7 Å². The standard InChI is InChI=1S/C10H10F2N2O2/c11-8-2-1-3-9(12)7(8)6-14-4-5-16-10(15)13-14/h1-3H,4-6H2,(H,13,15). The van der Waals surface area contributed by atoms with Crippen LogP contribution in [0.25, 0.3) is 0 Å². The maximum Gasteiger partial charge on any atom is 0.421 e. The number of hydrogen-bond donors (Lipinski definition) is 1. The summed E-state index contributed by atoms with van der Waals surface area (Å²) in [4.78, 5) is 10.9. The Kier molecular flexibility index (Phi) is 3.00. The van der Waals surface area contributed by atoms with Crippen LogP contribution in [0.5, 0.6) is 0 Å². The Bertz CT molecular complexity index is 392. The number of nitrogens with one attached hydrogen (secondary N) is 1. The molecular formula is C10H10F2N2O2. The minimum absolute atomic E-state index is 0.0202. The number of halogens is 2. The molecule has 0 aromatic heterocycles. The average molecular weight is 228 g/mol. The van der Waals surface area contributed by atoms with Gasteiger partial charge in [-0.15, -0.1) is 0 Å². The maximum atomic E-state index is 13.3. The van der Waals surface area contributed by atoms with Gasteiger partial charge in [-0.3, -0.25) is 5.43 Å². The van der Waals surface area contributed by atoms with E-state index in [1.165, 1.54) is 23.2 Å². The molecule has 0 spiro atoms. The van der Waals surface area contributed by atoms with E-state index >= 15 is 0 Å². The van der Waals surface area contributed by atoms with Gasteiger partial charge in [-0.05, 0) is 12.1 Å². The highest BCUT2D eigenvalue weighted by molar-refractivity contribution is 5.67. The summed E-state index contributed by atoms with van der Waals surface area (Å²) >= 11 is 0. The maximum absolute atomic E-state index is 13.3. The lowest BCUT2D eigenvalue weighted by atomic mass is 10.2. The van der Waals surface area contributed by atoms with Gasteiger partial charge in [0.15, 0.2) is 0 Å². The second kappa shape index (κ2) is 4.44. The average Bonchev–Trinajstić information content (AvgIpc) is 2.24. The van der Waals surface area contributed by atoms with E-state index in [4.69, 9.17) is 0 Å². The third kappa shape index (κ3) is 2.27. The van der Waals surface area contributed by atoms with Gasteiger partial charge in [0.2, 0.25) is 0 Å². The number of rotatable bonds is 2. The molecule has 1 N–H and O–H groups in total. The van der Waals surface area contributed by atoms with Crippen molar-refractivity contribution in [3.8, 4) is 0 Å². The Morgan fingerprint density at radius 2 is 2.06 bits per heavy atom. The van der Waals surface area contributed by atoms with Crippen LogP contribution in [0.2, 0.25) is 0 Å². The zero-order valence-electron chi connectivity index (χ0n) is 8.37. The molecule has 0 bridgehead atoms. The molecule has 2 rings (SSSR count). The molecule has 0 atom stereocenters.